The van der Waals surface area contributed by atoms with Crippen molar-refractivity contribution in [3.63, 3.8) is 0 Å². The number of hydrogen-bond donors (Lipinski definition) is 0. The summed E-state index contributed by atoms with van der Waals surface area (Å²) in [6.45, 7) is 12.5. The molecule has 0 N–H and O–H groups in total. The van der Waals surface area contributed by atoms with E-state index in [1.54, 1.807) is 0 Å². The van der Waals surface area contributed by atoms with Gasteiger partial charge in [0.05, 0.1) is 13.2 Å². The lowest BCUT2D eigenvalue weighted by atomic mass is 9.99. The van der Waals surface area contributed by atoms with Crippen LogP contribution in [-0.2, 0) is 39.2 Å². The number of carbonyl (C=O) groups is 2. The molecule has 0 saturated heterocycles. The molecule has 0 radical (unpaired) electrons. The highest BCUT2D eigenvalue weighted by Crippen LogP contribution is 2.14. The minimum absolute atomic E-state index is 0.0651. The number of rotatable bonds is 14. The van der Waals surface area contributed by atoms with Crippen LogP contribution in [0.2, 0.25) is 0 Å². The van der Waals surface area contributed by atoms with Gasteiger partial charge in [0.1, 0.15) is 0 Å². The first kappa shape index (κ1) is 25.8. The Balaban J connectivity index is 3.41. The number of carbonyl (C=O) groups excluding carboxylic acids is 2. The lowest BCUT2D eigenvalue weighted by Crippen LogP contribution is -2.16. The fraction of sp³-hybridized carbons (Fsp3) is 0.895. The van der Waals surface area contributed by atoms with Crippen LogP contribution in [0, 0.1) is 10.8 Å². The third-order valence-corrected chi connectivity index (χ3v) is 3.10. The lowest BCUT2D eigenvalue weighted by Gasteiger charge is -2.15. The van der Waals surface area contributed by atoms with Crippen molar-refractivity contribution in [1.29, 1.82) is 0 Å². The van der Waals surface area contributed by atoms with E-state index in [4.69, 9.17) is 9.78 Å². The van der Waals surface area contributed by atoms with Crippen LogP contribution in [0.3, 0.4) is 0 Å². The molecule has 0 bridgehead atoms. The van der Waals surface area contributed by atoms with Crippen molar-refractivity contribution in [3.8, 4) is 0 Å². The van der Waals surface area contributed by atoms with Crippen molar-refractivity contribution in [2.24, 2.45) is 10.8 Å². The molecule has 0 aromatic rings. The summed E-state index contributed by atoms with van der Waals surface area (Å²) >= 11 is 0. The first-order valence-corrected chi connectivity index (χ1v) is 9.47. The molecule has 0 fully saturated rings. The predicted octanol–water partition coefficient (Wildman–Crippen LogP) is 4.62. The first-order valence-electron chi connectivity index (χ1n) is 9.47. The van der Waals surface area contributed by atoms with E-state index in [0.717, 1.165) is 19.3 Å². The van der Waals surface area contributed by atoms with Gasteiger partial charge in [-0.15, -0.1) is 0 Å². The maximum Gasteiger partial charge on any atom is 0.345 e. The third kappa shape index (κ3) is 20.9. The quantitative estimate of drug-likeness (QED) is 0.240. The van der Waals surface area contributed by atoms with E-state index < -0.39 is 11.9 Å². The summed E-state index contributed by atoms with van der Waals surface area (Å²) in [5, 5.41) is 8.86. The van der Waals surface area contributed by atoms with E-state index in [0.29, 0.717) is 26.1 Å². The first-order chi connectivity index (χ1) is 12.5. The Hall–Kier alpha value is -1.22. The van der Waals surface area contributed by atoms with E-state index in [2.05, 4.69) is 19.9 Å². The van der Waals surface area contributed by atoms with Crippen LogP contribution in [-0.4, -0.2) is 25.2 Å². The van der Waals surface area contributed by atoms with Crippen LogP contribution in [0.1, 0.15) is 86.5 Å². The van der Waals surface area contributed by atoms with Gasteiger partial charge in [0.2, 0.25) is 0 Å². The van der Waals surface area contributed by atoms with Crippen molar-refractivity contribution in [1.82, 2.24) is 0 Å². The highest BCUT2D eigenvalue weighted by atomic mass is 17.5. The topological polar surface area (TPSA) is 89.5 Å². The fourth-order valence-electron chi connectivity index (χ4n) is 1.68. The third-order valence-electron chi connectivity index (χ3n) is 3.10. The second-order valence-corrected chi connectivity index (χ2v) is 8.96. The summed E-state index contributed by atoms with van der Waals surface area (Å²) < 4.78 is 0. The number of unbranched alkanes of at least 4 members (excludes halogenated alkanes) is 4. The zero-order valence-electron chi connectivity index (χ0n) is 17.6. The van der Waals surface area contributed by atoms with Crippen LogP contribution in [0.4, 0.5) is 0 Å². The molecule has 0 spiro atoms. The molecule has 0 unspecified atom stereocenters. The molecule has 0 atom stereocenters. The van der Waals surface area contributed by atoms with Gasteiger partial charge in [-0.1, -0.05) is 60.8 Å². The zero-order valence-corrected chi connectivity index (χ0v) is 17.6. The molecule has 0 aromatic carbocycles. The van der Waals surface area contributed by atoms with E-state index in [9.17, 15) is 9.59 Å². The van der Waals surface area contributed by atoms with Gasteiger partial charge in [-0.25, -0.2) is 9.59 Å². The smallest absolute Gasteiger partial charge is 0.269 e. The van der Waals surface area contributed by atoms with E-state index in [1.807, 2.05) is 41.5 Å². The van der Waals surface area contributed by atoms with Crippen LogP contribution < -0.4 is 0 Å². The van der Waals surface area contributed by atoms with Crippen LogP contribution in [0.15, 0.2) is 0 Å². The van der Waals surface area contributed by atoms with Crippen molar-refractivity contribution >= 4 is 11.9 Å². The molecule has 8 nitrogen and oxygen atoms in total. The molecule has 0 amide bonds. The molecular weight excluding hydrogens is 356 g/mol. The second kappa shape index (κ2) is 13.9. The van der Waals surface area contributed by atoms with Gasteiger partial charge in [0, 0.05) is 12.8 Å². The van der Waals surface area contributed by atoms with E-state index in [1.165, 1.54) is 0 Å². The highest BCUT2D eigenvalue weighted by molar-refractivity contribution is 5.68. The normalized spacial score (nSPS) is 12.1. The largest absolute Gasteiger partial charge is 0.345 e. The maximum atomic E-state index is 11.4. The predicted molar refractivity (Wildman–Crippen MR) is 97.5 cm³/mol. The van der Waals surface area contributed by atoms with Crippen LogP contribution in [0.5, 0.6) is 0 Å². The Bertz CT molecular complexity index is 371. The molecule has 0 heterocycles. The molecule has 0 saturated carbocycles. The van der Waals surface area contributed by atoms with Gasteiger partial charge in [-0.2, -0.15) is 9.78 Å². The molecule has 0 rings (SSSR count). The minimum Gasteiger partial charge on any atom is -0.269 e. The van der Waals surface area contributed by atoms with E-state index in [-0.39, 0.29) is 23.7 Å². The Labute approximate surface area is 162 Å². The van der Waals surface area contributed by atoms with Crippen molar-refractivity contribution in [2.75, 3.05) is 13.2 Å². The van der Waals surface area contributed by atoms with Crippen molar-refractivity contribution < 1.29 is 39.2 Å². The summed E-state index contributed by atoms with van der Waals surface area (Å²) in [6.07, 6.45) is 4.53. The Morgan fingerprint density at radius 1 is 0.593 bits per heavy atom. The number of hydrogen-bond acceptors (Lipinski definition) is 8. The van der Waals surface area contributed by atoms with Gasteiger partial charge in [0.25, 0.3) is 0 Å². The minimum atomic E-state index is -0.458. The second-order valence-electron chi connectivity index (χ2n) is 8.96. The molecule has 160 valence electrons. The zero-order chi connectivity index (χ0) is 20.8. The molecule has 0 aliphatic carbocycles. The van der Waals surface area contributed by atoms with Crippen molar-refractivity contribution in [2.45, 2.75) is 86.5 Å². The summed E-state index contributed by atoms with van der Waals surface area (Å²) in [7, 11) is 0. The SMILES string of the molecule is CC(C)(C)COOOC(=O)CCCCCCCC(=O)OOOCC(C)(C)C. The molecular formula is C19H36O8. The summed E-state index contributed by atoms with van der Waals surface area (Å²) in [4.78, 5) is 41.5. The average Bonchev–Trinajstić information content (AvgIpc) is 2.53. The van der Waals surface area contributed by atoms with Gasteiger partial charge in [-0.05, 0) is 33.7 Å². The van der Waals surface area contributed by atoms with Gasteiger partial charge in [-0.3, -0.25) is 9.78 Å². The maximum absolute atomic E-state index is 11.4. The van der Waals surface area contributed by atoms with Gasteiger partial charge >= 0.3 is 11.9 Å². The molecule has 27 heavy (non-hydrogen) atoms. The highest BCUT2D eigenvalue weighted by Gasteiger charge is 2.13. The van der Waals surface area contributed by atoms with Gasteiger partial charge in [0.15, 0.2) is 0 Å². The molecule has 0 aromatic heterocycles. The van der Waals surface area contributed by atoms with E-state index >= 15 is 0 Å². The molecule has 8 heteroatoms. The van der Waals surface area contributed by atoms with Gasteiger partial charge < -0.3 is 0 Å². The fourth-order valence-corrected chi connectivity index (χ4v) is 1.68. The molecule has 0 aliphatic rings. The Morgan fingerprint density at radius 3 is 1.26 bits per heavy atom. The standard InChI is InChI=1S/C19H36O8/c1-18(2,3)14-22-26-24-16(20)12-10-8-7-9-11-13-17(21)25-27-23-15-19(4,5)6/h7-15H2,1-6H3. The van der Waals surface area contributed by atoms with Crippen LogP contribution >= 0.6 is 0 Å². The lowest BCUT2D eigenvalue weighted by molar-refractivity contribution is -0.491. The molecule has 0 aliphatic heterocycles. The monoisotopic (exact) mass is 392 g/mol. The summed E-state index contributed by atoms with van der Waals surface area (Å²) in [5.74, 6) is -0.917. The Morgan fingerprint density at radius 2 is 0.926 bits per heavy atom. The average molecular weight is 392 g/mol. The summed E-state index contributed by atoms with van der Waals surface area (Å²) in [5.41, 5.74) is -0.130. The van der Waals surface area contributed by atoms with Crippen LogP contribution in [0.25, 0.3) is 0 Å². The van der Waals surface area contributed by atoms with Crippen molar-refractivity contribution in [3.05, 3.63) is 0 Å². The summed E-state index contributed by atoms with van der Waals surface area (Å²) in [6, 6.07) is 0. The Kier molecular flexibility index (Phi) is 13.2.